The van der Waals surface area contributed by atoms with Gasteiger partial charge in [-0.2, -0.15) is 0 Å². The van der Waals surface area contributed by atoms with Crippen LogP contribution in [0.3, 0.4) is 0 Å². The fourth-order valence-electron chi connectivity index (χ4n) is 3.15. The van der Waals surface area contributed by atoms with Gasteiger partial charge >= 0.3 is 11.9 Å². The number of likely N-dealkylation sites (tertiary alicyclic amines) is 1. The third kappa shape index (κ3) is 5.86. The molecule has 3 N–H and O–H groups in total. The average Bonchev–Trinajstić information content (AvgIpc) is 3.20. The molecule has 2 unspecified atom stereocenters. The number of β-amino-alcohol motifs (C(OH)–C–C–N with tert-alkyl or cyclic N) is 1. The number of hydrogen-bond donors (Lipinski definition) is 3. The number of carboxylic acids is 2. The van der Waals surface area contributed by atoms with E-state index in [0.717, 1.165) is 25.4 Å². The highest BCUT2D eigenvalue weighted by molar-refractivity contribution is 5.89. The van der Waals surface area contributed by atoms with Gasteiger partial charge in [0.25, 0.3) is 0 Å². The Morgan fingerprint density at radius 2 is 1.81 bits per heavy atom. The summed E-state index contributed by atoms with van der Waals surface area (Å²) in [7, 11) is 0. The molecule has 0 aromatic heterocycles. The van der Waals surface area contributed by atoms with Crippen LogP contribution in [0.15, 0.2) is 30.4 Å². The number of benzene rings is 1. The van der Waals surface area contributed by atoms with Gasteiger partial charge in [-0.1, -0.05) is 13.0 Å². The highest BCUT2D eigenvalue weighted by Gasteiger charge is 2.32. The molecule has 2 aliphatic rings. The van der Waals surface area contributed by atoms with Crippen molar-refractivity contribution in [2.45, 2.75) is 38.4 Å². The van der Waals surface area contributed by atoms with Crippen molar-refractivity contribution in [3.05, 3.63) is 41.5 Å². The second-order valence-corrected chi connectivity index (χ2v) is 6.37. The summed E-state index contributed by atoms with van der Waals surface area (Å²) in [5, 5.41) is 25.6. The van der Waals surface area contributed by atoms with Crippen LogP contribution in [0.2, 0.25) is 0 Å². The maximum absolute atomic E-state index is 9.98. The molecule has 1 heterocycles. The Morgan fingerprint density at radius 3 is 2.38 bits per heavy atom. The number of fused-ring (bicyclic) bond motifs is 1. The molecule has 142 valence electrons. The molecule has 0 spiro atoms. The van der Waals surface area contributed by atoms with Crippen molar-refractivity contribution in [2.24, 2.45) is 0 Å². The minimum absolute atomic E-state index is 0.0793. The molecule has 1 fully saturated rings. The molecule has 0 saturated carbocycles. The normalized spacial score (nSPS) is 21.9. The smallest absolute Gasteiger partial charge is 0.328 e. The zero-order valence-corrected chi connectivity index (χ0v) is 14.8. The number of likely N-dealkylation sites (N-methyl/N-ethyl adjacent to an activating group) is 1. The minimum atomic E-state index is -1.26. The zero-order chi connectivity index (χ0) is 19.1. The highest BCUT2D eigenvalue weighted by Crippen LogP contribution is 2.27. The minimum Gasteiger partial charge on any atom is -0.486 e. The summed E-state index contributed by atoms with van der Waals surface area (Å²) < 4.78 is 5.95. The molecule has 2 atom stereocenters. The zero-order valence-electron chi connectivity index (χ0n) is 14.8. The van der Waals surface area contributed by atoms with Gasteiger partial charge in [-0.3, -0.25) is 4.90 Å². The molecular weight excluding hydrogens is 338 g/mol. The third-order valence-corrected chi connectivity index (χ3v) is 4.49. The molecule has 0 radical (unpaired) electrons. The molecule has 1 saturated heterocycles. The van der Waals surface area contributed by atoms with E-state index < -0.39 is 11.9 Å². The van der Waals surface area contributed by atoms with E-state index in [9.17, 15) is 14.7 Å². The molecule has 1 aromatic carbocycles. The Kier molecular flexibility index (Phi) is 7.17. The predicted octanol–water partition coefficient (Wildman–Crippen LogP) is 1.33. The van der Waals surface area contributed by atoms with E-state index in [-0.39, 0.29) is 12.2 Å². The van der Waals surface area contributed by atoms with Crippen LogP contribution < -0.4 is 4.74 Å². The number of carboxylic acid groups (broad SMARTS) is 2. The Bertz CT molecular complexity index is 656. The van der Waals surface area contributed by atoms with Crippen molar-refractivity contribution >= 4 is 11.9 Å². The van der Waals surface area contributed by atoms with Crippen LogP contribution in [0.4, 0.5) is 0 Å². The van der Waals surface area contributed by atoms with Gasteiger partial charge in [0.05, 0.1) is 0 Å². The van der Waals surface area contributed by atoms with E-state index in [1.165, 1.54) is 30.4 Å². The average molecular weight is 363 g/mol. The van der Waals surface area contributed by atoms with Crippen LogP contribution in [-0.2, 0) is 22.4 Å². The Labute approximate surface area is 152 Å². The lowest BCUT2D eigenvalue weighted by Gasteiger charge is -2.17. The van der Waals surface area contributed by atoms with Gasteiger partial charge in [-0.05, 0) is 49.1 Å². The summed E-state index contributed by atoms with van der Waals surface area (Å²) in [5.74, 6) is -1.60. The maximum Gasteiger partial charge on any atom is 0.328 e. The standard InChI is InChI=1S/C15H21NO2.C4H4O4/c1-2-16-9-14(17)15(10-16)18-13-7-6-11-4-3-5-12(11)8-13;5-3(6)1-2-4(7)8/h6-8,14-15,17H,2-5,9-10H2,1H3;1-2H,(H,5,6)(H,7,8). The van der Waals surface area contributed by atoms with Gasteiger partial charge in [0.15, 0.2) is 0 Å². The number of rotatable bonds is 5. The van der Waals surface area contributed by atoms with Crippen molar-refractivity contribution in [2.75, 3.05) is 19.6 Å². The van der Waals surface area contributed by atoms with Crippen LogP contribution >= 0.6 is 0 Å². The first-order valence-electron chi connectivity index (χ1n) is 8.71. The van der Waals surface area contributed by atoms with Crippen LogP contribution in [0, 0.1) is 0 Å². The number of aliphatic hydroxyl groups excluding tert-OH is 1. The van der Waals surface area contributed by atoms with Gasteiger partial charge in [0, 0.05) is 25.2 Å². The van der Waals surface area contributed by atoms with Gasteiger partial charge < -0.3 is 20.1 Å². The summed E-state index contributed by atoms with van der Waals surface area (Å²) >= 11 is 0. The summed E-state index contributed by atoms with van der Waals surface area (Å²) in [6.07, 6.45) is 4.30. The molecule has 1 aliphatic carbocycles. The van der Waals surface area contributed by atoms with Crippen molar-refractivity contribution in [1.29, 1.82) is 0 Å². The number of ether oxygens (including phenoxy) is 1. The number of aryl methyl sites for hydroxylation is 2. The molecule has 3 rings (SSSR count). The molecular formula is C19H25NO6. The van der Waals surface area contributed by atoms with Crippen LogP contribution in [0.5, 0.6) is 5.75 Å². The predicted molar refractivity (Wildman–Crippen MR) is 95.4 cm³/mol. The van der Waals surface area contributed by atoms with E-state index in [1.807, 2.05) is 6.07 Å². The summed E-state index contributed by atoms with van der Waals surface area (Å²) in [6.45, 7) is 4.65. The van der Waals surface area contributed by atoms with Crippen molar-refractivity contribution < 1.29 is 29.6 Å². The van der Waals surface area contributed by atoms with Crippen LogP contribution in [0.25, 0.3) is 0 Å². The van der Waals surface area contributed by atoms with E-state index in [0.29, 0.717) is 12.2 Å². The molecule has 0 amide bonds. The highest BCUT2D eigenvalue weighted by atomic mass is 16.5. The van der Waals surface area contributed by atoms with Gasteiger partial charge in [-0.15, -0.1) is 0 Å². The Morgan fingerprint density at radius 1 is 1.15 bits per heavy atom. The largest absolute Gasteiger partial charge is 0.486 e. The fraction of sp³-hybridized carbons (Fsp3) is 0.474. The number of aliphatic hydroxyl groups is 1. The first-order valence-corrected chi connectivity index (χ1v) is 8.71. The SMILES string of the molecule is CCN1CC(O)C(Oc2ccc3c(c2)CCC3)C1.O=C(O)C=CC(=O)O. The topological polar surface area (TPSA) is 107 Å². The summed E-state index contributed by atoms with van der Waals surface area (Å²) in [6, 6.07) is 6.38. The number of hydrogen-bond acceptors (Lipinski definition) is 5. The number of nitrogens with zero attached hydrogens (tertiary/aromatic N) is 1. The van der Waals surface area contributed by atoms with Crippen LogP contribution in [0.1, 0.15) is 24.5 Å². The van der Waals surface area contributed by atoms with E-state index >= 15 is 0 Å². The Balaban J connectivity index is 0.000000260. The van der Waals surface area contributed by atoms with Crippen molar-refractivity contribution in [1.82, 2.24) is 4.90 Å². The lowest BCUT2D eigenvalue weighted by molar-refractivity contribution is -0.134. The summed E-state index contributed by atoms with van der Waals surface area (Å²) in [5.41, 5.74) is 2.89. The lowest BCUT2D eigenvalue weighted by Crippen LogP contribution is -2.30. The van der Waals surface area contributed by atoms with Gasteiger partial charge in [0.1, 0.15) is 18.0 Å². The number of carbonyl (C=O) groups is 2. The second-order valence-electron chi connectivity index (χ2n) is 6.37. The number of aliphatic carboxylic acids is 2. The molecule has 1 aliphatic heterocycles. The molecule has 7 heteroatoms. The fourth-order valence-corrected chi connectivity index (χ4v) is 3.15. The monoisotopic (exact) mass is 363 g/mol. The molecule has 0 bridgehead atoms. The first kappa shape index (κ1) is 19.9. The van der Waals surface area contributed by atoms with E-state index in [2.05, 4.69) is 24.0 Å². The van der Waals surface area contributed by atoms with Crippen molar-refractivity contribution in [3.8, 4) is 5.75 Å². The maximum atomic E-state index is 9.98. The lowest BCUT2D eigenvalue weighted by atomic mass is 10.1. The third-order valence-electron chi connectivity index (χ3n) is 4.49. The quantitative estimate of drug-likeness (QED) is 0.678. The molecule has 26 heavy (non-hydrogen) atoms. The van der Waals surface area contributed by atoms with E-state index in [1.54, 1.807) is 0 Å². The first-order chi connectivity index (χ1) is 12.4. The second kappa shape index (κ2) is 9.35. The molecule has 7 nitrogen and oxygen atoms in total. The Hall–Kier alpha value is -2.38. The van der Waals surface area contributed by atoms with Gasteiger partial charge in [0.2, 0.25) is 0 Å². The summed E-state index contributed by atoms with van der Waals surface area (Å²) in [4.78, 5) is 21.3. The van der Waals surface area contributed by atoms with Crippen molar-refractivity contribution in [3.63, 3.8) is 0 Å². The van der Waals surface area contributed by atoms with Crippen LogP contribution in [-0.4, -0.2) is 64.0 Å². The molecule has 1 aromatic rings. The van der Waals surface area contributed by atoms with E-state index in [4.69, 9.17) is 14.9 Å². The van der Waals surface area contributed by atoms with Gasteiger partial charge in [-0.25, -0.2) is 9.59 Å².